The van der Waals surface area contributed by atoms with Gasteiger partial charge in [-0.3, -0.25) is 24.1 Å². The zero-order valence-electron chi connectivity index (χ0n) is 19.1. The first-order valence-electron chi connectivity index (χ1n) is 11.2. The van der Waals surface area contributed by atoms with Crippen LogP contribution >= 0.6 is 0 Å². The topological polar surface area (TPSA) is 117 Å². The van der Waals surface area contributed by atoms with Gasteiger partial charge in [-0.1, -0.05) is 27.2 Å². The molecule has 32 heavy (non-hydrogen) atoms. The second kappa shape index (κ2) is 12.8. The van der Waals surface area contributed by atoms with Crippen LogP contribution in [0.5, 0.6) is 0 Å². The smallest absolute Gasteiger partial charge is 0.307 e. The molecule has 3 N–H and O–H groups in total. The fourth-order valence-corrected chi connectivity index (χ4v) is 3.22. The molecule has 0 saturated carbocycles. The highest BCUT2D eigenvalue weighted by atomic mass is 16.5. The number of rotatable bonds is 11. The van der Waals surface area contributed by atoms with Gasteiger partial charge in [0.05, 0.1) is 19.6 Å². The van der Waals surface area contributed by atoms with Crippen LogP contribution in [-0.2, 0) is 19.1 Å². The highest BCUT2D eigenvalue weighted by Gasteiger charge is 2.33. The Bertz CT molecular complexity index is 794. The Kier molecular flexibility index (Phi) is 10.1. The molecule has 1 aliphatic rings. The van der Waals surface area contributed by atoms with Crippen LogP contribution in [0.1, 0.15) is 50.4 Å². The molecule has 0 aliphatic carbocycles. The molecule has 9 heteroatoms. The summed E-state index contributed by atoms with van der Waals surface area (Å²) in [6, 6.07) is 5.88. The maximum absolute atomic E-state index is 12.5. The van der Waals surface area contributed by atoms with Gasteiger partial charge in [0, 0.05) is 30.9 Å². The molecule has 1 heterocycles. The number of carbonyl (C=O) groups is 4. The summed E-state index contributed by atoms with van der Waals surface area (Å²) in [6.45, 7) is 7.67. The second-order valence-corrected chi connectivity index (χ2v) is 8.29. The number of benzene rings is 1. The molecule has 1 aromatic carbocycles. The van der Waals surface area contributed by atoms with Crippen LogP contribution in [0.4, 0.5) is 5.69 Å². The summed E-state index contributed by atoms with van der Waals surface area (Å²) >= 11 is 0. The van der Waals surface area contributed by atoms with Crippen molar-refractivity contribution < 1.29 is 23.9 Å². The molecule has 176 valence electrons. The van der Waals surface area contributed by atoms with Crippen LogP contribution in [0.2, 0.25) is 0 Å². The summed E-state index contributed by atoms with van der Waals surface area (Å²) in [5, 5.41) is 8.35. The van der Waals surface area contributed by atoms with Gasteiger partial charge < -0.3 is 20.7 Å². The van der Waals surface area contributed by atoms with Crippen molar-refractivity contribution in [3.63, 3.8) is 0 Å². The molecule has 1 unspecified atom stereocenters. The Morgan fingerprint density at radius 3 is 2.59 bits per heavy atom. The highest BCUT2D eigenvalue weighted by Crippen LogP contribution is 2.13. The standard InChI is InChI=1S/C23H34N4O5/c1-4-5-10-24-22(30)17-6-8-18(9-7-17)26-20(28)14-27-12-11-25-23(31)19(27)13-21(29)32-15-16(2)3/h6-9,16,19H,4-5,10-15H2,1-3H3,(H,24,30)(H,25,31)(H,26,28). The largest absolute Gasteiger partial charge is 0.465 e. The summed E-state index contributed by atoms with van der Waals surface area (Å²) in [4.78, 5) is 50.7. The number of nitrogens with zero attached hydrogens (tertiary/aromatic N) is 1. The Morgan fingerprint density at radius 1 is 1.22 bits per heavy atom. The number of hydrogen-bond donors (Lipinski definition) is 3. The number of carbonyl (C=O) groups excluding carboxylic acids is 4. The number of unbranched alkanes of at least 4 members (excludes halogenated alkanes) is 1. The quantitative estimate of drug-likeness (QED) is 0.351. The molecular weight excluding hydrogens is 412 g/mol. The third-order valence-electron chi connectivity index (χ3n) is 4.97. The maximum Gasteiger partial charge on any atom is 0.307 e. The molecule has 1 fully saturated rings. The van der Waals surface area contributed by atoms with Gasteiger partial charge in [0.25, 0.3) is 5.91 Å². The van der Waals surface area contributed by atoms with Crippen molar-refractivity contribution in [2.45, 2.75) is 46.1 Å². The van der Waals surface area contributed by atoms with Crippen molar-refractivity contribution in [2.75, 3.05) is 38.1 Å². The van der Waals surface area contributed by atoms with Crippen LogP contribution in [0.25, 0.3) is 0 Å². The lowest BCUT2D eigenvalue weighted by Gasteiger charge is -2.33. The van der Waals surface area contributed by atoms with Crippen LogP contribution in [0.15, 0.2) is 24.3 Å². The molecule has 1 atom stereocenters. The van der Waals surface area contributed by atoms with E-state index in [1.807, 2.05) is 13.8 Å². The van der Waals surface area contributed by atoms with Crippen LogP contribution in [-0.4, -0.2) is 67.4 Å². The Hall–Kier alpha value is -2.94. The summed E-state index contributed by atoms with van der Waals surface area (Å²) in [6.07, 6.45) is 1.82. The minimum absolute atomic E-state index is 0.0329. The molecular formula is C23H34N4O5. The van der Waals surface area contributed by atoms with Crippen LogP contribution in [0, 0.1) is 5.92 Å². The third-order valence-corrected chi connectivity index (χ3v) is 4.97. The fourth-order valence-electron chi connectivity index (χ4n) is 3.22. The van der Waals surface area contributed by atoms with Crippen molar-refractivity contribution in [2.24, 2.45) is 5.92 Å². The zero-order chi connectivity index (χ0) is 23.5. The first-order valence-corrected chi connectivity index (χ1v) is 11.2. The minimum Gasteiger partial charge on any atom is -0.465 e. The van der Waals surface area contributed by atoms with E-state index in [0.717, 1.165) is 12.8 Å². The van der Waals surface area contributed by atoms with Crippen molar-refractivity contribution in [1.29, 1.82) is 0 Å². The molecule has 9 nitrogen and oxygen atoms in total. The maximum atomic E-state index is 12.5. The van der Waals surface area contributed by atoms with Crippen molar-refractivity contribution in [3.8, 4) is 0 Å². The number of amides is 3. The van der Waals surface area contributed by atoms with E-state index in [2.05, 4.69) is 22.9 Å². The number of esters is 1. The molecule has 3 amide bonds. The average molecular weight is 447 g/mol. The van der Waals surface area contributed by atoms with Crippen molar-refractivity contribution in [1.82, 2.24) is 15.5 Å². The first kappa shape index (κ1) is 25.3. The lowest BCUT2D eigenvalue weighted by Crippen LogP contribution is -2.57. The van der Waals surface area contributed by atoms with E-state index >= 15 is 0 Å². The Balaban J connectivity index is 1.90. The van der Waals surface area contributed by atoms with E-state index in [0.29, 0.717) is 37.5 Å². The number of anilines is 1. The van der Waals surface area contributed by atoms with Gasteiger partial charge in [-0.05, 0) is 36.6 Å². The Labute approximate surface area is 189 Å². The lowest BCUT2D eigenvalue weighted by atomic mass is 10.1. The fraction of sp³-hybridized carbons (Fsp3) is 0.565. The molecule has 0 bridgehead atoms. The summed E-state index contributed by atoms with van der Waals surface area (Å²) in [5.74, 6) is -0.999. The predicted octanol–water partition coefficient (Wildman–Crippen LogP) is 1.54. The molecule has 0 spiro atoms. The summed E-state index contributed by atoms with van der Waals surface area (Å²) in [7, 11) is 0. The van der Waals surface area contributed by atoms with Gasteiger partial charge in [-0.2, -0.15) is 0 Å². The molecule has 0 aromatic heterocycles. The van der Waals surface area contributed by atoms with Gasteiger partial charge in [0.1, 0.15) is 6.04 Å². The minimum atomic E-state index is -0.747. The second-order valence-electron chi connectivity index (χ2n) is 8.29. The summed E-state index contributed by atoms with van der Waals surface area (Å²) < 4.78 is 5.19. The van der Waals surface area contributed by atoms with Gasteiger partial charge in [-0.15, -0.1) is 0 Å². The number of piperazine rings is 1. The average Bonchev–Trinajstić information content (AvgIpc) is 2.75. The normalized spacial score (nSPS) is 16.4. The lowest BCUT2D eigenvalue weighted by molar-refractivity contribution is -0.149. The van der Waals surface area contributed by atoms with Gasteiger partial charge in [0.2, 0.25) is 11.8 Å². The number of nitrogens with one attached hydrogen (secondary N) is 3. The van der Waals surface area contributed by atoms with E-state index < -0.39 is 12.0 Å². The van der Waals surface area contributed by atoms with E-state index in [-0.39, 0.29) is 36.6 Å². The number of hydrogen-bond acceptors (Lipinski definition) is 6. The zero-order valence-corrected chi connectivity index (χ0v) is 19.1. The molecule has 1 aliphatic heterocycles. The molecule has 1 aromatic rings. The summed E-state index contributed by atoms with van der Waals surface area (Å²) in [5.41, 5.74) is 1.07. The van der Waals surface area contributed by atoms with Gasteiger partial charge >= 0.3 is 5.97 Å². The molecule has 0 radical (unpaired) electrons. The molecule has 2 rings (SSSR count). The molecule has 1 saturated heterocycles. The monoisotopic (exact) mass is 446 g/mol. The van der Waals surface area contributed by atoms with E-state index in [1.165, 1.54) is 0 Å². The van der Waals surface area contributed by atoms with E-state index in [9.17, 15) is 19.2 Å². The SMILES string of the molecule is CCCCNC(=O)c1ccc(NC(=O)CN2CCNC(=O)C2CC(=O)OCC(C)C)cc1. The predicted molar refractivity (Wildman–Crippen MR) is 121 cm³/mol. The Morgan fingerprint density at radius 2 is 1.94 bits per heavy atom. The van der Waals surface area contributed by atoms with Crippen LogP contribution < -0.4 is 16.0 Å². The highest BCUT2D eigenvalue weighted by molar-refractivity contribution is 5.96. The van der Waals surface area contributed by atoms with Crippen LogP contribution in [0.3, 0.4) is 0 Å². The van der Waals surface area contributed by atoms with Gasteiger partial charge in [-0.25, -0.2) is 0 Å². The van der Waals surface area contributed by atoms with Crippen molar-refractivity contribution >= 4 is 29.4 Å². The van der Waals surface area contributed by atoms with E-state index in [4.69, 9.17) is 4.74 Å². The number of ether oxygens (including phenoxy) is 1. The van der Waals surface area contributed by atoms with E-state index in [1.54, 1.807) is 29.2 Å². The van der Waals surface area contributed by atoms with Gasteiger partial charge in [0.15, 0.2) is 0 Å². The first-order chi connectivity index (χ1) is 15.3. The third kappa shape index (κ3) is 8.30. The van der Waals surface area contributed by atoms with Crippen molar-refractivity contribution in [3.05, 3.63) is 29.8 Å².